The van der Waals surface area contributed by atoms with E-state index >= 15 is 0 Å². The van der Waals surface area contributed by atoms with E-state index in [0.717, 1.165) is 44.9 Å². The molecule has 4 fully saturated rings. The molecule has 0 aromatic heterocycles. The number of aliphatic hydroxyl groups is 2. The average Bonchev–Trinajstić information content (AvgIpc) is 3.00. The number of carboxylic acids is 1. The van der Waals surface area contributed by atoms with Crippen molar-refractivity contribution >= 4 is 5.97 Å². The number of carboxylic acid groups (broad SMARTS) is 1. The van der Waals surface area contributed by atoms with Crippen molar-refractivity contribution in [3.05, 3.63) is 0 Å². The maximum absolute atomic E-state index is 11.7. The lowest BCUT2D eigenvalue weighted by atomic mass is 9.41. The van der Waals surface area contributed by atoms with Crippen LogP contribution >= 0.6 is 0 Å². The molecule has 0 bridgehead atoms. The molecule has 11 atom stereocenters. The molecule has 4 aliphatic rings. The maximum atomic E-state index is 11.7. The number of carbonyl (C=O) groups is 1. The van der Waals surface area contributed by atoms with Crippen LogP contribution in [-0.4, -0.2) is 33.5 Å². The maximum Gasteiger partial charge on any atom is 0.303 e. The first-order chi connectivity index (χ1) is 13.6. The number of fused-ring (bicyclic) bond motifs is 5. The molecule has 0 aromatic carbocycles. The van der Waals surface area contributed by atoms with Crippen LogP contribution in [0.2, 0.25) is 0 Å². The molecule has 4 heteroatoms. The predicted molar refractivity (Wildman–Crippen MR) is 113 cm³/mol. The Kier molecular flexibility index (Phi) is 5.60. The first kappa shape index (κ1) is 21.6. The molecule has 3 N–H and O–H groups in total. The topological polar surface area (TPSA) is 77.8 Å². The van der Waals surface area contributed by atoms with Gasteiger partial charge < -0.3 is 15.3 Å². The quantitative estimate of drug-likeness (QED) is 0.631. The van der Waals surface area contributed by atoms with Crippen LogP contribution in [0.3, 0.4) is 0 Å². The van der Waals surface area contributed by atoms with Crippen molar-refractivity contribution in [1.29, 1.82) is 0 Å². The van der Waals surface area contributed by atoms with Gasteiger partial charge in [0.1, 0.15) is 0 Å². The Morgan fingerprint density at radius 3 is 2.31 bits per heavy atom. The summed E-state index contributed by atoms with van der Waals surface area (Å²) >= 11 is 0. The molecule has 0 saturated heterocycles. The molecule has 0 radical (unpaired) electrons. The second-order valence-electron chi connectivity index (χ2n) is 11.7. The molecular formula is C25H42O4. The van der Waals surface area contributed by atoms with Crippen LogP contribution in [0.4, 0.5) is 0 Å². The van der Waals surface area contributed by atoms with E-state index in [4.69, 9.17) is 0 Å². The Morgan fingerprint density at radius 2 is 1.66 bits per heavy atom. The third-order valence-corrected chi connectivity index (χ3v) is 10.6. The van der Waals surface area contributed by atoms with Gasteiger partial charge in [-0.25, -0.2) is 0 Å². The monoisotopic (exact) mass is 406 g/mol. The Morgan fingerprint density at radius 1 is 1.00 bits per heavy atom. The van der Waals surface area contributed by atoms with Crippen LogP contribution in [-0.2, 0) is 4.79 Å². The van der Waals surface area contributed by atoms with Crippen LogP contribution in [0.5, 0.6) is 0 Å². The number of rotatable bonds is 4. The molecule has 4 nitrogen and oxygen atoms in total. The molecule has 4 rings (SSSR count). The summed E-state index contributed by atoms with van der Waals surface area (Å²) in [6.07, 6.45) is 8.21. The van der Waals surface area contributed by atoms with Crippen LogP contribution in [0, 0.1) is 52.3 Å². The van der Waals surface area contributed by atoms with Gasteiger partial charge in [0.05, 0.1) is 12.2 Å². The van der Waals surface area contributed by atoms with Crippen LogP contribution in [0.1, 0.15) is 85.5 Å². The number of hydrogen-bond donors (Lipinski definition) is 3. The van der Waals surface area contributed by atoms with E-state index < -0.39 is 5.97 Å². The lowest BCUT2D eigenvalue weighted by Crippen LogP contribution is -2.62. The molecule has 0 heterocycles. The van der Waals surface area contributed by atoms with E-state index in [0.29, 0.717) is 29.6 Å². The van der Waals surface area contributed by atoms with Crippen molar-refractivity contribution in [2.45, 2.75) is 97.7 Å². The highest BCUT2D eigenvalue weighted by molar-refractivity contribution is 5.67. The summed E-state index contributed by atoms with van der Waals surface area (Å²) in [5.41, 5.74) is 0.391. The average molecular weight is 407 g/mol. The van der Waals surface area contributed by atoms with Crippen molar-refractivity contribution in [3.8, 4) is 0 Å². The summed E-state index contributed by atoms with van der Waals surface area (Å²) in [7, 11) is 0. The third kappa shape index (κ3) is 3.19. The zero-order chi connectivity index (χ0) is 21.1. The number of hydrogen-bond acceptors (Lipinski definition) is 3. The number of aliphatic hydroxyl groups excluding tert-OH is 2. The van der Waals surface area contributed by atoms with Crippen molar-refractivity contribution in [2.75, 3.05) is 0 Å². The molecule has 5 unspecified atom stereocenters. The summed E-state index contributed by atoms with van der Waals surface area (Å²) in [4.78, 5) is 11.4. The van der Waals surface area contributed by atoms with Crippen LogP contribution in [0.25, 0.3) is 0 Å². The van der Waals surface area contributed by atoms with E-state index in [1.807, 2.05) is 0 Å². The molecule has 166 valence electrons. The van der Waals surface area contributed by atoms with E-state index in [1.54, 1.807) is 0 Å². The molecule has 0 aromatic rings. The molecule has 29 heavy (non-hydrogen) atoms. The number of aliphatic carboxylic acids is 1. The van der Waals surface area contributed by atoms with Gasteiger partial charge in [0.25, 0.3) is 0 Å². The Balaban J connectivity index is 1.66. The van der Waals surface area contributed by atoms with Gasteiger partial charge in [0.15, 0.2) is 0 Å². The lowest BCUT2D eigenvalue weighted by molar-refractivity contribution is -0.203. The molecule has 4 saturated carbocycles. The van der Waals surface area contributed by atoms with Crippen LogP contribution < -0.4 is 0 Å². The molecular weight excluding hydrogens is 364 g/mol. The van der Waals surface area contributed by atoms with Gasteiger partial charge >= 0.3 is 5.97 Å². The predicted octanol–water partition coefficient (Wildman–Crippen LogP) is 4.72. The lowest BCUT2D eigenvalue weighted by Gasteiger charge is -2.64. The van der Waals surface area contributed by atoms with Crippen molar-refractivity contribution in [3.63, 3.8) is 0 Å². The largest absolute Gasteiger partial charge is 0.481 e. The second-order valence-corrected chi connectivity index (χ2v) is 11.7. The Bertz CT molecular complexity index is 634. The Hall–Kier alpha value is -0.610. The third-order valence-electron chi connectivity index (χ3n) is 10.6. The molecule has 4 aliphatic carbocycles. The highest BCUT2D eigenvalue weighted by atomic mass is 16.4. The summed E-state index contributed by atoms with van der Waals surface area (Å²) in [5.74, 6) is 2.09. The first-order valence-corrected chi connectivity index (χ1v) is 12.2. The second kappa shape index (κ2) is 7.51. The minimum absolute atomic E-state index is 0.159. The van der Waals surface area contributed by atoms with Gasteiger partial charge in [-0.1, -0.05) is 34.1 Å². The highest BCUT2D eigenvalue weighted by Crippen LogP contribution is 2.69. The van der Waals surface area contributed by atoms with Gasteiger partial charge in [-0.3, -0.25) is 4.79 Å². The van der Waals surface area contributed by atoms with Gasteiger partial charge in [0.2, 0.25) is 0 Å². The summed E-state index contributed by atoms with van der Waals surface area (Å²) < 4.78 is 0. The minimum atomic E-state index is -0.682. The minimum Gasteiger partial charge on any atom is -0.481 e. The molecule has 0 spiro atoms. The first-order valence-electron chi connectivity index (χ1n) is 12.2. The zero-order valence-electron chi connectivity index (χ0n) is 18.8. The van der Waals surface area contributed by atoms with Gasteiger partial charge in [-0.15, -0.1) is 0 Å². The van der Waals surface area contributed by atoms with E-state index in [1.165, 1.54) is 6.42 Å². The van der Waals surface area contributed by atoms with Gasteiger partial charge in [-0.2, -0.15) is 0 Å². The fourth-order valence-electron chi connectivity index (χ4n) is 9.35. The van der Waals surface area contributed by atoms with E-state index in [2.05, 4.69) is 27.7 Å². The SMILES string of the molecule is CC[C@@H]1C2C[C@H](O)CCC2(C)C2CC[C@@]3(C)C(CC[C@@H]3[C@H](C)CC(=O)O)C2[C@@H]1O. The molecule has 0 amide bonds. The van der Waals surface area contributed by atoms with E-state index in [-0.39, 0.29) is 41.3 Å². The fourth-order valence-corrected chi connectivity index (χ4v) is 9.35. The summed E-state index contributed by atoms with van der Waals surface area (Å²) in [6, 6.07) is 0. The van der Waals surface area contributed by atoms with Crippen molar-refractivity contribution in [1.82, 2.24) is 0 Å². The summed E-state index contributed by atoms with van der Waals surface area (Å²) in [5, 5.41) is 31.4. The fraction of sp³-hybridized carbons (Fsp3) is 0.960. The van der Waals surface area contributed by atoms with Crippen molar-refractivity contribution in [2.24, 2.45) is 52.3 Å². The highest BCUT2D eigenvalue weighted by Gasteiger charge is 2.64. The van der Waals surface area contributed by atoms with Crippen LogP contribution in [0.15, 0.2) is 0 Å². The zero-order valence-corrected chi connectivity index (χ0v) is 18.8. The van der Waals surface area contributed by atoms with E-state index in [9.17, 15) is 20.1 Å². The van der Waals surface area contributed by atoms with Gasteiger partial charge in [0, 0.05) is 6.42 Å². The standard InChI is InChI=1S/C25H42O4/c1-5-16-20-13-15(26)8-10-25(20,4)19-9-11-24(3)17(14(2)12-21(27)28)6-7-18(24)22(19)23(16)29/h14-20,22-23,26,29H,5-13H2,1-4H3,(H,27,28)/t14-,15-,16-,17-,18?,19?,20?,22?,23-,24-,25?/m1/s1. The van der Waals surface area contributed by atoms with Crippen molar-refractivity contribution < 1.29 is 20.1 Å². The Labute approximate surface area is 176 Å². The smallest absolute Gasteiger partial charge is 0.303 e. The van der Waals surface area contributed by atoms with Gasteiger partial charge in [-0.05, 0) is 97.2 Å². The normalized spacial score (nSPS) is 52.9. The molecule has 0 aliphatic heterocycles. The summed E-state index contributed by atoms with van der Waals surface area (Å²) in [6.45, 7) is 9.23.